The van der Waals surface area contributed by atoms with Crippen LogP contribution in [0.2, 0.25) is 0 Å². The molecule has 1 aromatic heterocycles. The minimum atomic E-state index is -2.28. The second-order valence-corrected chi connectivity index (χ2v) is 5.42. The Kier molecular flexibility index (Phi) is 5.03. The minimum absolute atomic E-state index is 0.0632. The third-order valence-electron chi connectivity index (χ3n) is 2.93. The number of hydrogen-bond acceptors (Lipinski definition) is 2. The van der Waals surface area contributed by atoms with Crippen molar-refractivity contribution in [2.45, 2.75) is 19.9 Å². The number of carbonyl (C=O) groups excluding carboxylic acids is 1. The Morgan fingerprint density at radius 2 is 1.65 bits per heavy atom. The van der Waals surface area contributed by atoms with E-state index in [1.165, 1.54) is 4.68 Å². The first kappa shape index (κ1) is 17.4. The number of nitrogens with zero attached hydrogens (tertiary/aromatic N) is 2. The monoisotopic (exact) mass is 397 g/mol. The van der Waals surface area contributed by atoms with Crippen molar-refractivity contribution in [2.75, 3.05) is 5.32 Å². The molecule has 0 saturated carbocycles. The summed E-state index contributed by atoms with van der Waals surface area (Å²) in [6.45, 7) is 1.78. The van der Waals surface area contributed by atoms with Gasteiger partial charge in [0.1, 0.15) is 5.69 Å². The summed E-state index contributed by atoms with van der Waals surface area (Å²) in [5.41, 5.74) is -0.700. The smallest absolute Gasteiger partial charge is 0.226 e. The van der Waals surface area contributed by atoms with E-state index in [2.05, 4.69) is 21.0 Å². The average molecular weight is 398 g/mol. The maximum Gasteiger partial charge on any atom is 0.226 e. The Morgan fingerprint density at radius 1 is 1.13 bits per heavy atom. The number of benzene rings is 1. The van der Waals surface area contributed by atoms with Crippen LogP contribution in [0, 0.1) is 36.0 Å². The number of anilines is 1. The molecule has 0 atom stereocenters. The van der Waals surface area contributed by atoms with E-state index < -0.39 is 40.7 Å². The van der Waals surface area contributed by atoms with E-state index in [-0.39, 0.29) is 13.0 Å². The molecule has 0 saturated heterocycles. The summed E-state index contributed by atoms with van der Waals surface area (Å²) in [6, 6.07) is 0. The van der Waals surface area contributed by atoms with Gasteiger partial charge in [0.2, 0.25) is 11.7 Å². The van der Waals surface area contributed by atoms with Crippen LogP contribution < -0.4 is 5.32 Å². The number of hydrogen-bond donors (Lipinski definition) is 1. The van der Waals surface area contributed by atoms with E-state index in [1.54, 1.807) is 18.4 Å². The van der Waals surface area contributed by atoms with Gasteiger partial charge in [0.25, 0.3) is 0 Å². The van der Waals surface area contributed by atoms with Crippen LogP contribution in [-0.4, -0.2) is 15.7 Å². The van der Waals surface area contributed by atoms with E-state index in [0.717, 1.165) is 0 Å². The van der Waals surface area contributed by atoms with Crippen molar-refractivity contribution in [3.63, 3.8) is 0 Å². The minimum Gasteiger partial charge on any atom is -0.321 e. The summed E-state index contributed by atoms with van der Waals surface area (Å²) in [6.07, 6.45) is 1.31. The second kappa shape index (κ2) is 6.65. The zero-order chi connectivity index (χ0) is 17.3. The van der Waals surface area contributed by atoms with Gasteiger partial charge in [0.15, 0.2) is 23.3 Å². The molecule has 124 valence electrons. The average Bonchev–Trinajstić information content (AvgIpc) is 2.84. The molecule has 2 rings (SSSR count). The maximum atomic E-state index is 13.4. The van der Waals surface area contributed by atoms with E-state index in [1.807, 2.05) is 0 Å². The molecule has 10 heteroatoms. The Hall–Kier alpha value is -1.97. The fourth-order valence-corrected chi connectivity index (χ4v) is 2.06. The van der Waals surface area contributed by atoms with Crippen molar-refractivity contribution in [1.29, 1.82) is 0 Å². The lowest BCUT2D eigenvalue weighted by molar-refractivity contribution is -0.116. The van der Waals surface area contributed by atoms with E-state index in [9.17, 15) is 26.7 Å². The number of nitrogens with one attached hydrogen (secondary N) is 1. The number of aromatic nitrogens is 2. The third kappa shape index (κ3) is 3.52. The number of rotatable bonds is 4. The molecule has 0 bridgehead atoms. The van der Waals surface area contributed by atoms with Gasteiger partial charge >= 0.3 is 0 Å². The molecule has 0 spiro atoms. The Morgan fingerprint density at radius 3 is 2.13 bits per heavy atom. The van der Waals surface area contributed by atoms with Crippen LogP contribution in [0.25, 0.3) is 0 Å². The largest absolute Gasteiger partial charge is 0.321 e. The summed E-state index contributed by atoms with van der Waals surface area (Å²) in [4.78, 5) is 11.7. The molecular weight excluding hydrogens is 389 g/mol. The van der Waals surface area contributed by atoms with Crippen molar-refractivity contribution >= 4 is 27.5 Å². The van der Waals surface area contributed by atoms with Gasteiger partial charge in [-0.25, -0.2) is 22.0 Å². The lowest BCUT2D eigenvalue weighted by Gasteiger charge is -2.09. The van der Waals surface area contributed by atoms with Gasteiger partial charge < -0.3 is 5.32 Å². The molecule has 1 amide bonds. The van der Waals surface area contributed by atoms with Gasteiger partial charge in [0.05, 0.1) is 10.2 Å². The fourth-order valence-electron chi connectivity index (χ4n) is 1.74. The van der Waals surface area contributed by atoms with Gasteiger partial charge in [-0.1, -0.05) is 0 Å². The predicted octanol–water partition coefficient (Wildman–Crippen LogP) is 3.68. The molecule has 0 aliphatic rings. The number of amides is 1. The molecule has 1 N–H and O–H groups in total. The van der Waals surface area contributed by atoms with Gasteiger partial charge in [-0.05, 0) is 22.9 Å². The highest BCUT2D eigenvalue weighted by molar-refractivity contribution is 9.10. The van der Waals surface area contributed by atoms with Crippen LogP contribution in [0.3, 0.4) is 0 Å². The molecular formula is C13H9BrF5N3O. The van der Waals surface area contributed by atoms with Gasteiger partial charge in [-0.2, -0.15) is 5.10 Å². The summed E-state index contributed by atoms with van der Waals surface area (Å²) in [5, 5.41) is 5.73. The SMILES string of the molecule is Cc1nn(CCC(=O)Nc2c(F)c(F)c(F)c(F)c2F)cc1Br. The van der Waals surface area contributed by atoms with Crippen LogP contribution >= 0.6 is 15.9 Å². The molecule has 0 unspecified atom stereocenters. The van der Waals surface area contributed by atoms with E-state index in [0.29, 0.717) is 10.2 Å². The zero-order valence-corrected chi connectivity index (χ0v) is 13.1. The lowest BCUT2D eigenvalue weighted by atomic mass is 10.2. The summed E-state index contributed by atoms with van der Waals surface area (Å²) < 4.78 is 67.9. The summed E-state index contributed by atoms with van der Waals surface area (Å²) in [7, 11) is 0. The lowest BCUT2D eigenvalue weighted by Crippen LogP contribution is -2.18. The van der Waals surface area contributed by atoms with Gasteiger partial charge in [-0.15, -0.1) is 0 Å². The van der Waals surface area contributed by atoms with E-state index in [4.69, 9.17) is 0 Å². The first-order chi connectivity index (χ1) is 10.7. The first-order valence-corrected chi connectivity index (χ1v) is 7.02. The predicted molar refractivity (Wildman–Crippen MR) is 74.1 cm³/mol. The highest BCUT2D eigenvalue weighted by atomic mass is 79.9. The Bertz CT molecular complexity index is 729. The van der Waals surface area contributed by atoms with Gasteiger partial charge in [0, 0.05) is 19.2 Å². The van der Waals surface area contributed by atoms with Crippen LogP contribution in [0.4, 0.5) is 27.6 Å². The van der Waals surface area contributed by atoms with Crippen LogP contribution in [0.15, 0.2) is 10.7 Å². The topological polar surface area (TPSA) is 46.9 Å². The van der Waals surface area contributed by atoms with Crippen LogP contribution in [0.5, 0.6) is 0 Å². The molecule has 0 aliphatic carbocycles. The van der Waals surface area contributed by atoms with Crippen molar-refractivity contribution in [2.24, 2.45) is 0 Å². The normalized spacial score (nSPS) is 10.9. The fraction of sp³-hybridized carbons (Fsp3) is 0.231. The third-order valence-corrected chi connectivity index (χ3v) is 3.71. The van der Waals surface area contributed by atoms with E-state index >= 15 is 0 Å². The first-order valence-electron chi connectivity index (χ1n) is 6.23. The van der Waals surface area contributed by atoms with Crippen LogP contribution in [-0.2, 0) is 11.3 Å². The molecule has 1 aromatic carbocycles. The van der Waals surface area contributed by atoms with Crippen molar-refractivity contribution in [3.8, 4) is 0 Å². The molecule has 4 nitrogen and oxygen atoms in total. The van der Waals surface area contributed by atoms with Crippen LogP contribution in [0.1, 0.15) is 12.1 Å². The second-order valence-electron chi connectivity index (χ2n) is 4.57. The molecule has 0 radical (unpaired) electrons. The van der Waals surface area contributed by atoms with Crippen molar-refractivity contribution in [1.82, 2.24) is 9.78 Å². The maximum absolute atomic E-state index is 13.4. The molecule has 1 heterocycles. The van der Waals surface area contributed by atoms with Crippen molar-refractivity contribution < 1.29 is 26.7 Å². The number of carbonyl (C=O) groups is 1. The molecule has 0 fully saturated rings. The van der Waals surface area contributed by atoms with Crippen molar-refractivity contribution in [3.05, 3.63) is 45.4 Å². The standard InChI is InChI=1S/C13H9BrF5N3O/c1-5-6(14)4-22(21-5)3-2-7(23)20-13-11(18)9(16)8(15)10(17)12(13)19/h4H,2-3H2,1H3,(H,20,23). The zero-order valence-electron chi connectivity index (χ0n) is 11.6. The number of aryl methyl sites for hydroxylation is 2. The summed E-state index contributed by atoms with van der Waals surface area (Å²) in [5.74, 6) is -11.6. The molecule has 23 heavy (non-hydrogen) atoms. The number of halogens is 6. The molecule has 0 aliphatic heterocycles. The molecule has 2 aromatic rings. The quantitative estimate of drug-likeness (QED) is 0.486. The van der Waals surface area contributed by atoms with Gasteiger partial charge in [-0.3, -0.25) is 9.48 Å². The Balaban J connectivity index is 2.11. The highest BCUT2D eigenvalue weighted by Gasteiger charge is 2.26. The summed E-state index contributed by atoms with van der Waals surface area (Å²) >= 11 is 3.22. The Labute approximate surface area is 135 Å². The highest BCUT2D eigenvalue weighted by Crippen LogP contribution is 2.27.